The van der Waals surface area contributed by atoms with Gasteiger partial charge in [0, 0.05) is 13.7 Å². The monoisotopic (exact) mass is 222 g/mol. The van der Waals surface area contributed by atoms with Crippen molar-refractivity contribution in [3.63, 3.8) is 0 Å². The largest absolute Gasteiger partial charge is 0.494 e. The molecule has 0 fully saturated rings. The Kier molecular flexibility index (Phi) is 3.07. The van der Waals surface area contributed by atoms with Crippen molar-refractivity contribution in [2.45, 2.75) is 6.10 Å². The molecule has 2 N–H and O–H groups in total. The molecule has 5 nitrogen and oxygen atoms in total. The molecule has 1 atom stereocenters. The van der Waals surface area contributed by atoms with E-state index in [4.69, 9.17) is 19.6 Å². The van der Waals surface area contributed by atoms with Crippen LogP contribution in [0.15, 0.2) is 22.6 Å². The first kappa shape index (κ1) is 10.9. The summed E-state index contributed by atoms with van der Waals surface area (Å²) in [7, 11) is 3.17. The van der Waals surface area contributed by atoms with Gasteiger partial charge in [-0.15, -0.1) is 0 Å². The highest BCUT2D eigenvalue weighted by molar-refractivity contribution is 5.79. The molecule has 2 rings (SSSR count). The molecule has 0 aliphatic carbocycles. The zero-order valence-corrected chi connectivity index (χ0v) is 9.27. The van der Waals surface area contributed by atoms with Gasteiger partial charge in [-0.1, -0.05) is 6.07 Å². The van der Waals surface area contributed by atoms with Gasteiger partial charge in [0.15, 0.2) is 11.1 Å². The lowest BCUT2D eigenvalue weighted by molar-refractivity contribution is 0.0878. The third kappa shape index (κ3) is 1.75. The predicted molar refractivity (Wildman–Crippen MR) is 59.4 cm³/mol. The molecule has 0 saturated heterocycles. The molecule has 0 radical (unpaired) electrons. The van der Waals surface area contributed by atoms with Crippen molar-refractivity contribution in [3.8, 4) is 5.75 Å². The molecule has 0 amide bonds. The summed E-state index contributed by atoms with van der Waals surface area (Å²) in [6, 6.07) is 5.51. The fourth-order valence-electron chi connectivity index (χ4n) is 1.54. The van der Waals surface area contributed by atoms with Crippen molar-refractivity contribution in [1.82, 2.24) is 4.98 Å². The summed E-state index contributed by atoms with van der Waals surface area (Å²) in [6.45, 7) is 0.325. The van der Waals surface area contributed by atoms with Crippen molar-refractivity contribution in [2.24, 2.45) is 5.73 Å². The van der Waals surface area contributed by atoms with Crippen LogP contribution < -0.4 is 10.5 Å². The second-order valence-corrected chi connectivity index (χ2v) is 3.32. The van der Waals surface area contributed by atoms with Crippen LogP contribution in [0.25, 0.3) is 11.1 Å². The predicted octanol–water partition coefficient (Wildman–Crippen LogP) is 1.48. The minimum absolute atomic E-state index is 0.322. The van der Waals surface area contributed by atoms with Crippen molar-refractivity contribution >= 4 is 11.1 Å². The van der Waals surface area contributed by atoms with Crippen LogP contribution in [0, 0.1) is 0 Å². The molecule has 1 unspecified atom stereocenters. The first-order valence-corrected chi connectivity index (χ1v) is 4.96. The van der Waals surface area contributed by atoms with Gasteiger partial charge < -0.3 is 19.6 Å². The van der Waals surface area contributed by atoms with Crippen LogP contribution in [-0.2, 0) is 4.74 Å². The molecule has 5 heteroatoms. The number of fused-ring (bicyclic) bond motifs is 1. The zero-order valence-electron chi connectivity index (χ0n) is 9.27. The van der Waals surface area contributed by atoms with E-state index in [2.05, 4.69) is 4.98 Å². The molecule has 1 aromatic carbocycles. The second kappa shape index (κ2) is 4.51. The zero-order chi connectivity index (χ0) is 11.5. The van der Waals surface area contributed by atoms with E-state index in [-0.39, 0.29) is 6.10 Å². The van der Waals surface area contributed by atoms with E-state index in [9.17, 15) is 0 Å². The molecule has 0 aliphatic heterocycles. The Labute approximate surface area is 93.2 Å². The van der Waals surface area contributed by atoms with Crippen molar-refractivity contribution in [2.75, 3.05) is 20.8 Å². The first-order chi connectivity index (χ1) is 7.80. The maximum atomic E-state index is 5.56. The Morgan fingerprint density at radius 3 is 2.88 bits per heavy atom. The molecule has 2 aromatic rings. The molecule has 0 bridgehead atoms. The van der Waals surface area contributed by atoms with Crippen molar-refractivity contribution < 1.29 is 13.9 Å². The van der Waals surface area contributed by atoms with Gasteiger partial charge in [-0.05, 0) is 12.1 Å². The van der Waals surface area contributed by atoms with E-state index in [1.807, 2.05) is 18.2 Å². The van der Waals surface area contributed by atoms with E-state index in [0.29, 0.717) is 29.3 Å². The molecule has 0 aliphatic rings. The van der Waals surface area contributed by atoms with Gasteiger partial charge in [0.1, 0.15) is 11.9 Å². The Bertz CT molecular complexity index is 477. The summed E-state index contributed by atoms with van der Waals surface area (Å²) >= 11 is 0. The average Bonchev–Trinajstić information content (AvgIpc) is 2.73. The number of oxazole rings is 1. The lowest BCUT2D eigenvalue weighted by atomic mass is 10.3. The van der Waals surface area contributed by atoms with Crippen molar-refractivity contribution in [1.29, 1.82) is 0 Å². The Morgan fingerprint density at radius 1 is 1.44 bits per heavy atom. The number of para-hydroxylation sites is 1. The molecule has 0 spiro atoms. The van der Waals surface area contributed by atoms with Gasteiger partial charge in [0.2, 0.25) is 5.89 Å². The van der Waals surface area contributed by atoms with Gasteiger partial charge in [-0.25, -0.2) is 4.98 Å². The molecular formula is C11H14N2O3. The Morgan fingerprint density at radius 2 is 2.25 bits per heavy atom. The molecular weight excluding hydrogens is 208 g/mol. The fourth-order valence-corrected chi connectivity index (χ4v) is 1.54. The summed E-state index contributed by atoms with van der Waals surface area (Å²) in [5, 5.41) is 0. The first-order valence-electron chi connectivity index (χ1n) is 4.96. The smallest absolute Gasteiger partial charge is 0.226 e. The molecule has 0 saturated carbocycles. The SMILES string of the molecule is COc1cccc2oc(C(CN)OC)nc12. The quantitative estimate of drug-likeness (QED) is 0.848. The minimum Gasteiger partial charge on any atom is -0.494 e. The third-order valence-corrected chi connectivity index (χ3v) is 2.39. The van der Waals surface area contributed by atoms with Crippen LogP contribution in [0.1, 0.15) is 12.0 Å². The van der Waals surface area contributed by atoms with Gasteiger partial charge in [-0.3, -0.25) is 0 Å². The Balaban J connectivity index is 2.50. The number of aromatic nitrogens is 1. The number of ether oxygens (including phenoxy) is 2. The number of hydrogen-bond acceptors (Lipinski definition) is 5. The van der Waals surface area contributed by atoms with Crippen LogP contribution in [0.2, 0.25) is 0 Å². The van der Waals surface area contributed by atoms with Crippen LogP contribution in [0.3, 0.4) is 0 Å². The summed E-state index contributed by atoms with van der Waals surface area (Å²) in [5.74, 6) is 1.16. The standard InChI is InChI=1S/C11H14N2O3/c1-14-7-4-3-5-8-10(7)13-11(16-8)9(6-12)15-2/h3-5,9H,6,12H2,1-2H3. The number of benzene rings is 1. The summed E-state index contributed by atoms with van der Waals surface area (Å²) in [5.41, 5.74) is 6.91. The minimum atomic E-state index is -0.322. The van der Waals surface area contributed by atoms with Crippen LogP contribution in [0.5, 0.6) is 5.75 Å². The lowest BCUT2D eigenvalue weighted by Crippen LogP contribution is -2.14. The molecule has 16 heavy (non-hydrogen) atoms. The highest BCUT2D eigenvalue weighted by atomic mass is 16.5. The number of nitrogens with two attached hydrogens (primary N) is 1. The van der Waals surface area contributed by atoms with Crippen LogP contribution in [-0.4, -0.2) is 25.7 Å². The average molecular weight is 222 g/mol. The summed E-state index contributed by atoms with van der Waals surface area (Å²) in [6.07, 6.45) is -0.322. The Hall–Kier alpha value is -1.59. The number of methoxy groups -OCH3 is 2. The maximum Gasteiger partial charge on any atom is 0.226 e. The van der Waals surface area contributed by atoms with E-state index >= 15 is 0 Å². The molecule has 1 aromatic heterocycles. The van der Waals surface area contributed by atoms with Crippen LogP contribution in [0.4, 0.5) is 0 Å². The fraction of sp³-hybridized carbons (Fsp3) is 0.364. The highest BCUT2D eigenvalue weighted by Crippen LogP contribution is 2.28. The number of nitrogens with zero attached hydrogens (tertiary/aromatic N) is 1. The number of rotatable bonds is 4. The third-order valence-electron chi connectivity index (χ3n) is 2.39. The van der Waals surface area contributed by atoms with Crippen molar-refractivity contribution in [3.05, 3.63) is 24.1 Å². The maximum absolute atomic E-state index is 5.56. The normalized spacial score (nSPS) is 12.9. The highest BCUT2D eigenvalue weighted by Gasteiger charge is 2.17. The van der Waals surface area contributed by atoms with Gasteiger partial charge in [0.05, 0.1) is 7.11 Å². The topological polar surface area (TPSA) is 70.5 Å². The van der Waals surface area contributed by atoms with Gasteiger partial charge >= 0.3 is 0 Å². The van der Waals surface area contributed by atoms with E-state index in [1.165, 1.54) is 0 Å². The van der Waals surface area contributed by atoms with E-state index in [1.54, 1.807) is 14.2 Å². The second-order valence-electron chi connectivity index (χ2n) is 3.32. The summed E-state index contributed by atoms with van der Waals surface area (Å²) in [4.78, 5) is 4.33. The molecule has 1 heterocycles. The van der Waals surface area contributed by atoms with Gasteiger partial charge in [-0.2, -0.15) is 0 Å². The number of hydrogen-bond donors (Lipinski definition) is 1. The van der Waals surface area contributed by atoms with Gasteiger partial charge in [0.25, 0.3) is 0 Å². The van der Waals surface area contributed by atoms with Crippen LogP contribution >= 0.6 is 0 Å². The van der Waals surface area contributed by atoms with E-state index < -0.39 is 0 Å². The summed E-state index contributed by atoms with van der Waals surface area (Å²) < 4.78 is 15.9. The lowest BCUT2D eigenvalue weighted by Gasteiger charge is -2.06. The van der Waals surface area contributed by atoms with E-state index in [0.717, 1.165) is 0 Å². The molecule has 86 valence electrons.